The molecule has 0 aliphatic carbocycles. The van der Waals surface area contributed by atoms with Crippen molar-refractivity contribution < 1.29 is 9.84 Å². The van der Waals surface area contributed by atoms with Crippen molar-refractivity contribution in [1.29, 1.82) is 0 Å². The summed E-state index contributed by atoms with van der Waals surface area (Å²) in [7, 11) is 0. The predicted octanol–water partition coefficient (Wildman–Crippen LogP) is 4.17. The van der Waals surface area contributed by atoms with Crippen molar-refractivity contribution in [2.45, 2.75) is 54.1 Å². The van der Waals surface area contributed by atoms with Crippen molar-refractivity contribution >= 4 is 0 Å². The second-order valence-electron chi connectivity index (χ2n) is 6.10. The number of aryl methyl sites for hydroxylation is 2. The van der Waals surface area contributed by atoms with Gasteiger partial charge in [-0.05, 0) is 54.5 Å². The Kier molecular flexibility index (Phi) is 4.80. The van der Waals surface area contributed by atoms with E-state index in [-0.39, 0.29) is 5.41 Å². The Morgan fingerprint density at radius 3 is 2.06 bits per heavy atom. The molecule has 1 rings (SSSR count). The van der Waals surface area contributed by atoms with Gasteiger partial charge in [0.2, 0.25) is 0 Å². The number of benzene rings is 1. The van der Waals surface area contributed by atoms with E-state index in [1.54, 1.807) is 0 Å². The Balaban J connectivity index is 3.06. The SMILES string of the molecule is CCCOc1c(C)cc(C(O)C(C)(C)C)cc1C. The lowest BCUT2D eigenvalue weighted by Crippen LogP contribution is -2.18. The van der Waals surface area contributed by atoms with E-state index in [9.17, 15) is 5.11 Å². The molecule has 1 N–H and O–H groups in total. The molecule has 0 saturated carbocycles. The molecular formula is C16H26O2. The van der Waals surface area contributed by atoms with Gasteiger partial charge < -0.3 is 9.84 Å². The first-order valence-corrected chi connectivity index (χ1v) is 6.69. The molecule has 0 saturated heterocycles. The molecule has 1 unspecified atom stereocenters. The molecule has 0 bridgehead atoms. The molecule has 1 aromatic rings. The van der Waals surface area contributed by atoms with Crippen LogP contribution < -0.4 is 4.74 Å². The monoisotopic (exact) mass is 250 g/mol. The zero-order valence-electron chi connectivity index (χ0n) is 12.5. The first kappa shape index (κ1) is 15.0. The van der Waals surface area contributed by atoms with E-state index in [1.807, 2.05) is 46.8 Å². The number of ether oxygens (including phenoxy) is 1. The van der Waals surface area contributed by atoms with E-state index in [0.717, 1.165) is 35.5 Å². The lowest BCUT2D eigenvalue weighted by molar-refractivity contribution is 0.0625. The average Bonchev–Trinajstić information content (AvgIpc) is 2.25. The van der Waals surface area contributed by atoms with E-state index in [0.29, 0.717) is 0 Å². The maximum Gasteiger partial charge on any atom is 0.125 e. The molecular weight excluding hydrogens is 224 g/mol. The van der Waals surface area contributed by atoms with Crippen LogP contribution in [-0.4, -0.2) is 11.7 Å². The standard InChI is InChI=1S/C16H26O2/c1-7-8-18-14-11(2)9-13(10-12(14)3)15(17)16(4,5)6/h9-10,15,17H,7-8H2,1-6H3. The molecule has 2 nitrogen and oxygen atoms in total. The third-order valence-corrected chi connectivity index (χ3v) is 3.07. The van der Waals surface area contributed by atoms with Gasteiger partial charge in [0, 0.05) is 0 Å². The highest BCUT2D eigenvalue weighted by molar-refractivity contribution is 5.44. The second-order valence-corrected chi connectivity index (χ2v) is 6.10. The van der Waals surface area contributed by atoms with E-state index in [1.165, 1.54) is 0 Å². The Hall–Kier alpha value is -1.02. The zero-order chi connectivity index (χ0) is 13.9. The Morgan fingerprint density at radius 2 is 1.67 bits per heavy atom. The fourth-order valence-corrected chi connectivity index (χ4v) is 2.07. The van der Waals surface area contributed by atoms with Crippen LogP contribution in [-0.2, 0) is 0 Å². The molecule has 0 fully saturated rings. The van der Waals surface area contributed by atoms with Crippen molar-refractivity contribution in [2.75, 3.05) is 6.61 Å². The number of aliphatic hydroxyl groups is 1. The minimum atomic E-state index is -0.449. The first-order valence-electron chi connectivity index (χ1n) is 6.69. The summed E-state index contributed by atoms with van der Waals surface area (Å²) >= 11 is 0. The summed E-state index contributed by atoms with van der Waals surface area (Å²) in [5.41, 5.74) is 3.02. The zero-order valence-corrected chi connectivity index (χ0v) is 12.5. The minimum absolute atomic E-state index is 0.148. The lowest BCUT2D eigenvalue weighted by atomic mass is 9.84. The number of aliphatic hydroxyl groups excluding tert-OH is 1. The van der Waals surface area contributed by atoms with Crippen LogP contribution >= 0.6 is 0 Å². The fraction of sp³-hybridized carbons (Fsp3) is 0.625. The van der Waals surface area contributed by atoms with E-state index in [2.05, 4.69) is 6.92 Å². The highest BCUT2D eigenvalue weighted by Crippen LogP contribution is 2.35. The molecule has 0 spiro atoms. The van der Waals surface area contributed by atoms with Gasteiger partial charge in [0.1, 0.15) is 5.75 Å². The largest absolute Gasteiger partial charge is 0.493 e. The van der Waals surface area contributed by atoms with E-state index in [4.69, 9.17) is 4.74 Å². The molecule has 0 heterocycles. The Labute approximate surface area is 111 Å². The quantitative estimate of drug-likeness (QED) is 0.869. The number of rotatable bonds is 4. The summed E-state index contributed by atoms with van der Waals surface area (Å²) in [6.07, 6.45) is 0.556. The molecule has 18 heavy (non-hydrogen) atoms. The topological polar surface area (TPSA) is 29.5 Å². The second kappa shape index (κ2) is 5.75. The molecule has 102 valence electrons. The number of hydrogen-bond donors (Lipinski definition) is 1. The van der Waals surface area contributed by atoms with Gasteiger partial charge >= 0.3 is 0 Å². The van der Waals surface area contributed by atoms with Crippen LogP contribution in [0.4, 0.5) is 0 Å². The summed E-state index contributed by atoms with van der Waals surface area (Å²) in [6.45, 7) is 13.1. The van der Waals surface area contributed by atoms with Crippen molar-refractivity contribution in [3.8, 4) is 5.75 Å². The highest BCUT2D eigenvalue weighted by Gasteiger charge is 2.24. The molecule has 0 aromatic heterocycles. The predicted molar refractivity (Wildman–Crippen MR) is 76.1 cm³/mol. The molecule has 2 heteroatoms. The Bertz CT molecular complexity index is 379. The summed E-state index contributed by atoms with van der Waals surface area (Å²) in [5.74, 6) is 0.960. The van der Waals surface area contributed by atoms with Crippen LogP contribution in [0.5, 0.6) is 5.75 Å². The smallest absolute Gasteiger partial charge is 0.125 e. The molecule has 0 amide bonds. The van der Waals surface area contributed by atoms with Crippen LogP contribution in [0.3, 0.4) is 0 Å². The number of hydrogen-bond acceptors (Lipinski definition) is 2. The summed E-state index contributed by atoms with van der Waals surface area (Å²) < 4.78 is 5.76. The molecule has 1 aromatic carbocycles. The van der Waals surface area contributed by atoms with Gasteiger partial charge in [-0.1, -0.05) is 27.7 Å². The summed E-state index contributed by atoms with van der Waals surface area (Å²) in [4.78, 5) is 0. The van der Waals surface area contributed by atoms with Crippen LogP contribution in [0.15, 0.2) is 12.1 Å². The van der Waals surface area contributed by atoms with Crippen LogP contribution in [0.25, 0.3) is 0 Å². The average molecular weight is 250 g/mol. The third-order valence-electron chi connectivity index (χ3n) is 3.07. The van der Waals surface area contributed by atoms with Gasteiger partial charge in [-0.25, -0.2) is 0 Å². The van der Waals surface area contributed by atoms with Crippen LogP contribution in [0, 0.1) is 19.3 Å². The first-order chi connectivity index (χ1) is 8.27. The fourth-order valence-electron chi connectivity index (χ4n) is 2.07. The molecule has 0 aliphatic heterocycles. The normalized spacial score (nSPS) is 13.5. The van der Waals surface area contributed by atoms with Crippen molar-refractivity contribution in [3.63, 3.8) is 0 Å². The van der Waals surface area contributed by atoms with Crippen molar-refractivity contribution in [1.82, 2.24) is 0 Å². The summed E-state index contributed by atoms with van der Waals surface area (Å²) in [6, 6.07) is 4.07. The van der Waals surface area contributed by atoms with Gasteiger partial charge in [0.25, 0.3) is 0 Å². The molecule has 1 atom stereocenters. The van der Waals surface area contributed by atoms with E-state index >= 15 is 0 Å². The van der Waals surface area contributed by atoms with E-state index < -0.39 is 6.10 Å². The molecule has 0 radical (unpaired) electrons. The van der Waals surface area contributed by atoms with Gasteiger partial charge in [0.15, 0.2) is 0 Å². The van der Waals surface area contributed by atoms with Crippen molar-refractivity contribution in [3.05, 3.63) is 28.8 Å². The van der Waals surface area contributed by atoms with Gasteiger partial charge in [-0.3, -0.25) is 0 Å². The van der Waals surface area contributed by atoms with Gasteiger partial charge in [-0.2, -0.15) is 0 Å². The maximum absolute atomic E-state index is 10.3. The van der Waals surface area contributed by atoms with Gasteiger partial charge in [0.05, 0.1) is 12.7 Å². The molecule has 0 aliphatic rings. The summed E-state index contributed by atoms with van der Waals surface area (Å²) in [5, 5.41) is 10.3. The van der Waals surface area contributed by atoms with Crippen LogP contribution in [0.1, 0.15) is 56.9 Å². The lowest BCUT2D eigenvalue weighted by Gasteiger charge is -2.27. The van der Waals surface area contributed by atoms with Crippen LogP contribution in [0.2, 0.25) is 0 Å². The minimum Gasteiger partial charge on any atom is -0.493 e. The highest BCUT2D eigenvalue weighted by atomic mass is 16.5. The Morgan fingerprint density at radius 1 is 1.17 bits per heavy atom. The van der Waals surface area contributed by atoms with Gasteiger partial charge in [-0.15, -0.1) is 0 Å². The van der Waals surface area contributed by atoms with Crippen molar-refractivity contribution in [2.24, 2.45) is 5.41 Å². The third kappa shape index (κ3) is 3.49. The maximum atomic E-state index is 10.3.